The fourth-order valence-corrected chi connectivity index (χ4v) is 1.47. The summed E-state index contributed by atoms with van der Waals surface area (Å²) < 4.78 is 0. The van der Waals surface area contributed by atoms with E-state index in [1.165, 1.54) is 0 Å². The number of aliphatic hydroxyl groups excluding tert-OH is 1. The van der Waals surface area contributed by atoms with Crippen LogP contribution in [0, 0.1) is 11.8 Å². The van der Waals surface area contributed by atoms with Gasteiger partial charge in [-0.1, -0.05) is 6.92 Å². The Balaban J connectivity index is 2.56. The Hall–Kier alpha value is -0.610. The van der Waals surface area contributed by atoms with Gasteiger partial charge in [0.2, 0.25) is 5.91 Å². The largest absolute Gasteiger partial charge is 0.396 e. The number of rotatable bonds is 2. The molecule has 2 atom stereocenters. The second-order valence-electron chi connectivity index (χ2n) is 3.02. The standard InChI is InChI=1S/C7H13NO3/c1-5-4-8(11)7(10)6(5)2-3-9/h5-6,9,11H,2-4H2,1H3/t5-,6-/m0/s1. The van der Waals surface area contributed by atoms with Crippen LogP contribution in [0.3, 0.4) is 0 Å². The molecular formula is C7H13NO3. The molecule has 11 heavy (non-hydrogen) atoms. The average Bonchev–Trinajstić information content (AvgIpc) is 2.17. The Morgan fingerprint density at radius 1 is 1.73 bits per heavy atom. The Morgan fingerprint density at radius 2 is 2.36 bits per heavy atom. The summed E-state index contributed by atoms with van der Waals surface area (Å²) in [4.78, 5) is 11.1. The fourth-order valence-electron chi connectivity index (χ4n) is 1.47. The van der Waals surface area contributed by atoms with Crippen LogP contribution in [-0.2, 0) is 4.79 Å². The molecule has 4 heteroatoms. The number of carbonyl (C=O) groups is 1. The molecule has 4 nitrogen and oxygen atoms in total. The summed E-state index contributed by atoms with van der Waals surface area (Å²) in [7, 11) is 0. The van der Waals surface area contributed by atoms with Crippen molar-refractivity contribution in [2.75, 3.05) is 13.2 Å². The first-order valence-electron chi connectivity index (χ1n) is 3.78. The molecule has 1 saturated heterocycles. The van der Waals surface area contributed by atoms with Gasteiger partial charge in [0.05, 0.1) is 6.54 Å². The van der Waals surface area contributed by atoms with E-state index in [2.05, 4.69) is 0 Å². The molecule has 0 aromatic heterocycles. The minimum Gasteiger partial charge on any atom is -0.396 e. The summed E-state index contributed by atoms with van der Waals surface area (Å²) in [6.07, 6.45) is 0.455. The minimum absolute atomic E-state index is 0.00852. The molecule has 0 aliphatic carbocycles. The molecule has 1 aliphatic heterocycles. The van der Waals surface area contributed by atoms with E-state index in [1.54, 1.807) is 0 Å². The van der Waals surface area contributed by atoms with Crippen LogP contribution in [-0.4, -0.2) is 34.4 Å². The lowest BCUT2D eigenvalue weighted by Gasteiger charge is -2.08. The number of aliphatic hydroxyl groups is 1. The van der Waals surface area contributed by atoms with Gasteiger partial charge in [0.25, 0.3) is 0 Å². The summed E-state index contributed by atoms with van der Waals surface area (Å²) in [6.45, 7) is 2.30. The maximum atomic E-state index is 11.1. The highest BCUT2D eigenvalue weighted by Gasteiger charge is 2.36. The quantitative estimate of drug-likeness (QED) is 0.551. The van der Waals surface area contributed by atoms with E-state index in [-0.39, 0.29) is 24.3 Å². The predicted molar refractivity (Wildman–Crippen MR) is 37.9 cm³/mol. The molecule has 0 bridgehead atoms. The molecule has 0 unspecified atom stereocenters. The van der Waals surface area contributed by atoms with Gasteiger partial charge in [-0.3, -0.25) is 10.0 Å². The number of hydrogen-bond donors (Lipinski definition) is 2. The van der Waals surface area contributed by atoms with Gasteiger partial charge in [-0.25, -0.2) is 5.06 Å². The van der Waals surface area contributed by atoms with Crippen molar-refractivity contribution in [2.24, 2.45) is 11.8 Å². The zero-order valence-corrected chi connectivity index (χ0v) is 6.53. The van der Waals surface area contributed by atoms with Crippen LogP contribution in [0.25, 0.3) is 0 Å². The van der Waals surface area contributed by atoms with Crippen LogP contribution < -0.4 is 0 Å². The SMILES string of the molecule is C[C@H]1CN(O)C(=O)[C@H]1CCO. The zero-order valence-electron chi connectivity index (χ0n) is 6.53. The van der Waals surface area contributed by atoms with E-state index < -0.39 is 0 Å². The summed E-state index contributed by atoms with van der Waals surface area (Å²) in [6, 6.07) is 0. The van der Waals surface area contributed by atoms with Gasteiger partial charge in [-0.2, -0.15) is 0 Å². The molecule has 0 radical (unpaired) electrons. The number of hydroxylamine groups is 2. The maximum Gasteiger partial charge on any atom is 0.249 e. The topological polar surface area (TPSA) is 60.8 Å². The van der Waals surface area contributed by atoms with Gasteiger partial charge in [0.15, 0.2) is 0 Å². The van der Waals surface area contributed by atoms with Crippen LogP contribution in [0.2, 0.25) is 0 Å². The maximum absolute atomic E-state index is 11.1. The fraction of sp³-hybridized carbons (Fsp3) is 0.857. The first-order valence-corrected chi connectivity index (χ1v) is 3.78. The summed E-state index contributed by atoms with van der Waals surface area (Å²) in [5.74, 6) is -0.295. The van der Waals surface area contributed by atoms with Crippen LogP contribution >= 0.6 is 0 Å². The molecule has 0 aromatic carbocycles. The van der Waals surface area contributed by atoms with Crippen LogP contribution in [0.5, 0.6) is 0 Å². The van der Waals surface area contributed by atoms with Gasteiger partial charge in [0.1, 0.15) is 0 Å². The molecule has 0 aromatic rings. The Morgan fingerprint density at radius 3 is 2.73 bits per heavy atom. The summed E-state index contributed by atoms with van der Waals surface area (Å²) >= 11 is 0. The number of carbonyl (C=O) groups excluding carboxylic acids is 1. The first kappa shape index (κ1) is 8.49. The Labute approximate surface area is 65.4 Å². The predicted octanol–water partition coefficient (Wildman–Crippen LogP) is -0.148. The third-order valence-corrected chi connectivity index (χ3v) is 2.16. The normalized spacial score (nSPS) is 31.5. The Bertz CT molecular complexity index is 160. The highest BCUT2D eigenvalue weighted by atomic mass is 16.5. The van der Waals surface area contributed by atoms with Crippen molar-refractivity contribution in [3.05, 3.63) is 0 Å². The molecule has 1 fully saturated rings. The number of hydrogen-bond acceptors (Lipinski definition) is 3. The molecule has 1 rings (SSSR count). The van der Waals surface area contributed by atoms with Gasteiger partial charge < -0.3 is 5.11 Å². The molecule has 1 heterocycles. The van der Waals surface area contributed by atoms with Gasteiger partial charge >= 0.3 is 0 Å². The van der Waals surface area contributed by atoms with Gasteiger partial charge in [-0.15, -0.1) is 0 Å². The molecule has 1 amide bonds. The lowest BCUT2D eigenvalue weighted by Crippen LogP contribution is -2.23. The summed E-state index contributed by atoms with van der Waals surface area (Å²) in [5.41, 5.74) is 0. The molecule has 1 aliphatic rings. The van der Waals surface area contributed by atoms with Crippen LogP contribution in [0.15, 0.2) is 0 Å². The van der Waals surface area contributed by atoms with Crippen molar-refractivity contribution in [3.8, 4) is 0 Å². The zero-order chi connectivity index (χ0) is 8.43. The van der Waals surface area contributed by atoms with Crippen molar-refractivity contribution in [1.82, 2.24) is 5.06 Å². The second-order valence-corrected chi connectivity index (χ2v) is 3.02. The van der Waals surface area contributed by atoms with Crippen molar-refractivity contribution in [2.45, 2.75) is 13.3 Å². The second kappa shape index (κ2) is 3.19. The molecule has 2 N–H and O–H groups in total. The molecule has 0 saturated carbocycles. The summed E-state index contributed by atoms with van der Waals surface area (Å²) in [5, 5.41) is 18.3. The first-order chi connectivity index (χ1) is 5.16. The number of nitrogens with zero attached hydrogens (tertiary/aromatic N) is 1. The van der Waals surface area contributed by atoms with Crippen LogP contribution in [0.1, 0.15) is 13.3 Å². The van der Waals surface area contributed by atoms with E-state index in [1.807, 2.05) is 6.92 Å². The monoisotopic (exact) mass is 159 g/mol. The van der Waals surface area contributed by atoms with E-state index in [9.17, 15) is 4.79 Å². The van der Waals surface area contributed by atoms with Crippen molar-refractivity contribution in [1.29, 1.82) is 0 Å². The lowest BCUT2D eigenvalue weighted by molar-refractivity contribution is -0.160. The lowest BCUT2D eigenvalue weighted by atomic mass is 9.95. The van der Waals surface area contributed by atoms with Crippen molar-refractivity contribution >= 4 is 5.91 Å². The van der Waals surface area contributed by atoms with Crippen molar-refractivity contribution in [3.63, 3.8) is 0 Å². The third-order valence-electron chi connectivity index (χ3n) is 2.16. The van der Waals surface area contributed by atoms with E-state index in [4.69, 9.17) is 10.3 Å². The van der Waals surface area contributed by atoms with Crippen molar-refractivity contribution < 1.29 is 15.1 Å². The smallest absolute Gasteiger partial charge is 0.249 e. The van der Waals surface area contributed by atoms with E-state index in [0.29, 0.717) is 13.0 Å². The Kier molecular flexibility index (Phi) is 2.46. The third kappa shape index (κ3) is 1.52. The van der Waals surface area contributed by atoms with E-state index >= 15 is 0 Å². The van der Waals surface area contributed by atoms with Crippen LogP contribution in [0.4, 0.5) is 0 Å². The van der Waals surface area contributed by atoms with Gasteiger partial charge in [-0.05, 0) is 12.3 Å². The van der Waals surface area contributed by atoms with Gasteiger partial charge in [0, 0.05) is 12.5 Å². The highest BCUT2D eigenvalue weighted by Crippen LogP contribution is 2.25. The molecule has 64 valence electrons. The average molecular weight is 159 g/mol. The molecular weight excluding hydrogens is 146 g/mol. The molecule has 0 spiro atoms. The minimum atomic E-state index is -0.258. The van der Waals surface area contributed by atoms with E-state index in [0.717, 1.165) is 5.06 Å². The highest BCUT2D eigenvalue weighted by molar-refractivity contribution is 5.80. The number of amides is 1.